The molecular weight excluding hydrogens is 420 g/mol. The average Bonchev–Trinajstić information content (AvgIpc) is 3.42. The lowest BCUT2D eigenvalue weighted by molar-refractivity contribution is 0.619. The first-order valence-corrected chi connectivity index (χ1v) is 13.6. The van der Waals surface area contributed by atoms with Crippen LogP contribution in [-0.2, 0) is 12.8 Å². The van der Waals surface area contributed by atoms with E-state index in [4.69, 9.17) is 6.58 Å². The number of aryl methyl sites for hydroxylation is 2. The van der Waals surface area contributed by atoms with Crippen molar-refractivity contribution in [3.63, 3.8) is 0 Å². The summed E-state index contributed by atoms with van der Waals surface area (Å²) in [5.74, 6) is 1.17. The minimum absolute atomic E-state index is 0.300. The Kier molecular flexibility index (Phi) is 6.58. The van der Waals surface area contributed by atoms with Gasteiger partial charge in [-0.3, -0.25) is 0 Å². The van der Waals surface area contributed by atoms with Gasteiger partial charge in [-0.05, 0) is 95.1 Å². The molecule has 2 atom stereocenters. The average molecular weight is 461 g/mol. The molecule has 0 aliphatic heterocycles. The predicted molar refractivity (Wildman–Crippen MR) is 152 cm³/mol. The van der Waals surface area contributed by atoms with Gasteiger partial charge in [0.05, 0.1) is 0 Å². The van der Waals surface area contributed by atoms with Crippen molar-refractivity contribution in [1.29, 1.82) is 0 Å². The molecule has 35 heavy (non-hydrogen) atoms. The van der Waals surface area contributed by atoms with Gasteiger partial charge in [-0.25, -0.2) is 0 Å². The predicted octanol–water partition coefficient (Wildman–Crippen LogP) is 9.65. The molecule has 0 radical (unpaired) electrons. The highest BCUT2D eigenvalue weighted by Crippen LogP contribution is 2.55. The molecule has 0 N–H and O–H groups in total. The summed E-state index contributed by atoms with van der Waals surface area (Å²) in [5.41, 5.74) is 15.6. The largest absolute Gasteiger partial charge is 0.0955 e. The normalized spacial score (nSPS) is 22.6. The number of allylic oxidation sites excluding steroid dienone is 7. The van der Waals surface area contributed by atoms with Crippen molar-refractivity contribution < 1.29 is 0 Å². The molecule has 3 aliphatic carbocycles. The molecule has 0 heteroatoms. The van der Waals surface area contributed by atoms with Crippen LogP contribution >= 0.6 is 0 Å². The van der Waals surface area contributed by atoms with Crippen molar-refractivity contribution in [2.45, 2.75) is 78.1 Å². The highest BCUT2D eigenvalue weighted by atomic mass is 14.4. The first kappa shape index (κ1) is 23.9. The second-order valence-corrected chi connectivity index (χ2v) is 11.2. The van der Waals surface area contributed by atoms with Crippen molar-refractivity contribution in [3.05, 3.63) is 123 Å². The maximum absolute atomic E-state index is 4.71. The van der Waals surface area contributed by atoms with Gasteiger partial charge in [0.1, 0.15) is 0 Å². The van der Waals surface area contributed by atoms with E-state index in [1.165, 1.54) is 75.0 Å². The summed E-state index contributed by atoms with van der Waals surface area (Å²) in [5, 5.41) is 0. The maximum Gasteiger partial charge on any atom is 0.0201 e. The van der Waals surface area contributed by atoms with E-state index in [1.807, 2.05) is 0 Å². The van der Waals surface area contributed by atoms with E-state index in [1.54, 1.807) is 5.56 Å². The summed E-state index contributed by atoms with van der Waals surface area (Å²) in [7, 11) is 0. The van der Waals surface area contributed by atoms with E-state index in [0.717, 1.165) is 19.3 Å². The van der Waals surface area contributed by atoms with E-state index in [-0.39, 0.29) is 0 Å². The van der Waals surface area contributed by atoms with Gasteiger partial charge in [0.2, 0.25) is 0 Å². The Morgan fingerprint density at radius 3 is 2.49 bits per heavy atom. The van der Waals surface area contributed by atoms with Gasteiger partial charge in [-0.2, -0.15) is 0 Å². The molecule has 5 rings (SSSR count). The van der Waals surface area contributed by atoms with Gasteiger partial charge in [0, 0.05) is 11.8 Å². The lowest BCUT2D eigenvalue weighted by atomic mass is 9.69. The Balaban J connectivity index is 1.55. The zero-order chi connectivity index (χ0) is 24.7. The molecule has 0 amide bonds. The van der Waals surface area contributed by atoms with Crippen molar-refractivity contribution in [3.8, 4) is 0 Å². The van der Waals surface area contributed by atoms with Crippen LogP contribution < -0.4 is 0 Å². The molecule has 3 aliphatic rings. The summed E-state index contributed by atoms with van der Waals surface area (Å²) in [6.07, 6.45) is 11.8. The first-order valence-electron chi connectivity index (χ1n) is 13.6. The topological polar surface area (TPSA) is 0 Å². The van der Waals surface area contributed by atoms with Gasteiger partial charge < -0.3 is 0 Å². The van der Waals surface area contributed by atoms with Gasteiger partial charge in [0.15, 0.2) is 0 Å². The smallest absolute Gasteiger partial charge is 0.0201 e. The van der Waals surface area contributed by atoms with Crippen molar-refractivity contribution in [2.75, 3.05) is 0 Å². The summed E-state index contributed by atoms with van der Waals surface area (Å²) in [6.45, 7) is 18.4. The molecule has 0 saturated heterocycles. The zero-order valence-electron chi connectivity index (χ0n) is 22.1. The summed E-state index contributed by atoms with van der Waals surface area (Å²) in [6, 6.07) is 16.4. The number of benzene rings is 2. The lowest BCUT2D eigenvalue weighted by Gasteiger charge is -2.34. The van der Waals surface area contributed by atoms with Crippen LogP contribution in [0.4, 0.5) is 0 Å². The van der Waals surface area contributed by atoms with E-state index in [2.05, 4.69) is 88.9 Å². The molecule has 2 aromatic carbocycles. The van der Waals surface area contributed by atoms with Crippen molar-refractivity contribution in [1.82, 2.24) is 0 Å². The minimum atomic E-state index is 0.300. The van der Waals surface area contributed by atoms with Gasteiger partial charge in [-0.1, -0.05) is 106 Å². The molecule has 0 aromatic heterocycles. The Hall–Kier alpha value is -2.86. The molecule has 0 spiro atoms. The standard InChI is InChI=1S/C35H40/c1-7-9-23(4)33-24(5)18-32-21-31(20-26-12-13-28-10-8-11-30(28)19-26)25(6)34(32)35(33)29-16-14-27(15-17-29)22(2)3/h12-20,22,34-35H,4,6-11,21H2,1-3,5H3. The monoisotopic (exact) mass is 460 g/mol. The summed E-state index contributed by atoms with van der Waals surface area (Å²) >= 11 is 0. The second-order valence-electron chi connectivity index (χ2n) is 11.2. The van der Waals surface area contributed by atoms with Crippen LogP contribution in [0.3, 0.4) is 0 Å². The third-order valence-electron chi connectivity index (χ3n) is 8.41. The minimum Gasteiger partial charge on any atom is -0.0955 e. The Morgan fingerprint density at radius 1 is 1.03 bits per heavy atom. The summed E-state index contributed by atoms with van der Waals surface area (Å²) in [4.78, 5) is 0. The molecule has 2 aromatic rings. The zero-order valence-corrected chi connectivity index (χ0v) is 22.1. The van der Waals surface area contributed by atoms with Crippen LogP contribution in [0.5, 0.6) is 0 Å². The lowest BCUT2D eigenvalue weighted by Crippen LogP contribution is -2.21. The van der Waals surface area contributed by atoms with Crippen LogP contribution in [0.1, 0.15) is 93.0 Å². The van der Waals surface area contributed by atoms with Crippen LogP contribution in [0.25, 0.3) is 6.08 Å². The Morgan fingerprint density at radius 2 is 1.77 bits per heavy atom. The number of hydrogen-bond donors (Lipinski definition) is 0. The van der Waals surface area contributed by atoms with Gasteiger partial charge in [-0.15, -0.1) is 0 Å². The third kappa shape index (κ3) is 4.44. The van der Waals surface area contributed by atoms with Gasteiger partial charge in [0.25, 0.3) is 0 Å². The highest BCUT2D eigenvalue weighted by molar-refractivity contribution is 5.68. The first-order chi connectivity index (χ1) is 16.9. The number of rotatable bonds is 6. The molecule has 0 heterocycles. The SMILES string of the molecule is C=C(CCC)C1=C(C)C=C2CC(=Cc3ccc4c(c3)CCC4)C(=C)C2C1c1ccc(C(C)C)cc1. The quantitative estimate of drug-likeness (QED) is 0.402. The third-order valence-corrected chi connectivity index (χ3v) is 8.41. The Labute approximate surface area is 212 Å². The molecular formula is C35H40. The molecule has 1 fully saturated rings. The van der Waals surface area contributed by atoms with Crippen LogP contribution in [0.15, 0.2) is 95.1 Å². The number of hydrogen-bond acceptors (Lipinski definition) is 0. The fourth-order valence-electron chi connectivity index (χ4n) is 6.60. The van der Waals surface area contributed by atoms with Crippen molar-refractivity contribution >= 4 is 6.08 Å². The van der Waals surface area contributed by atoms with E-state index in [0.29, 0.717) is 17.8 Å². The molecule has 180 valence electrons. The maximum atomic E-state index is 4.71. The second kappa shape index (κ2) is 9.65. The van der Waals surface area contributed by atoms with Crippen LogP contribution in [0.2, 0.25) is 0 Å². The number of fused-ring (bicyclic) bond motifs is 2. The van der Waals surface area contributed by atoms with E-state index < -0.39 is 0 Å². The van der Waals surface area contributed by atoms with E-state index >= 15 is 0 Å². The molecule has 1 saturated carbocycles. The fraction of sp³-hybridized carbons (Fsp3) is 0.371. The molecule has 0 nitrogen and oxygen atoms in total. The summed E-state index contributed by atoms with van der Waals surface area (Å²) < 4.78 is 0. The van der Waals surface area contributed by atoms with Crippen molar-refractivity contribution in [2.24, 2.45) is 5.92 Å². The van der Waals surface area contributed by atoms with Crippen LogP contribution in [0, 0.1) is 5.92 Å². The van der Waals surface area contributed by atoms with Gasteiger partial charge >= 0.3 is 0 Å². The highest BCUT2D eigenvalue weighted by Gasteiger charge is 2.40. The molecule has 0 bridgehead atoms. The Bertz CT molecular complexity index is 1260. The van der Waals surface area contributed by atoms with Crippen LogP contribution in [-0.4, -0.2) is 0 Å². The fourth-order valence-corrected chi connectivity index (χ4v) is 6.60. The molecule has 2 unspecified atom stereocenters. The van der Waals surface area contributed by atoms with E-state index in [9.17, 15) is 0 Å².